The Morgan fingerprint density at radius 2 is 1.73 bits per heavy atom. The quantitative estimate of drug-likeness (QED) is 0.789. The Morgan fingerprint density at radius 1 is 1.19 bits per heavy atom. The van der Waals surface area contributed by atoms with Gasteiger partial charge in [0.1, 0.15) is 0 Å². The van der Waals surface area contributed by atoms with Crippen LogP contribution in [-0.2, 0) is 24.5 Å². The molecule has 1 N–H and O–H groups in total. The molecule has 6 nitrogen and oxygen atoms in total. The number of rotatable bonds is 6. The molecule has 0 radical (unpaired) electrons. The third-order valence-corrected chi connectivity index (χ3v) is 4.65. The first kappa shape index (κ1) is 20.1. The largest absolute Gasteiger partial charge is 0.503 e. The van der Waals surface area contributed by atoms with Crippen molar-refractivity contribution in [2.45, 2.75) is 45.4 Å². The van der Waals surface area contributed by atoms with Gasteiger partial charge >= 0.3 is 0 Å². The van der Waals surface area contributed by atoms with Crippen molar-refractivity contribution < 1.29 is 24.2 Å². The highest BCUT2D eigenvalue weighted by Gasteiger charge is 2.43. The number of benzene rings is 1. The monoisotopic (exact) mass is 361 g/mol. The minimum Gasteiger partial charge on any atom is -0.503 e. The lowest BCUT2D eigenvalue weighted by atomic mass is 9.85. The first-order valence-electron chi connectivity index (χ1n) is 8.52. The molecule has 0 saturated carbocycles. The number of Topliss-reactive ketones (excluding diaryl/α,β-unsaturated/α-hetero) is 1. The minimum absolute atomic E-state index is 0.0116. The van der Waals surface area contributed by atoms with Gasteiger partial charge in [0, 0.05) is 14.2 Å². The molecule has 0 aliphatic carbocycles. The predicted octanol–water partition coefficient (Wildman–Crippen LogP) is 2.89. The van der Waals surface area contributed by atoms with Crippen molar-refractivity contribution in [2.24, 2.45) is 0 Å². The Kier molecular flexibility index (Phi) is 5.88. The van der Waals surface area contributed by atoms with E-state index in [0.717, 1.165) is 11.1 Å². The average molecular weight is 361 g/mol. The number of nitrogens with zero attached hydrogens (tertiary/aromatic N) is 1. The SMILES string of the molecule is COC(CN1C(=O)C(O)=C(C(C)=O)C1c1ccc(C(C)(C)C)cc1)OC. The third-order valence-electron chi connectivity index (χ3n) is 4.65. The second-order valence-corrected chi connectivity index (χ2v) is 7.45. The normalized spacial score (nSPS) is 18.2. The minimum atomic E-state index is -0.665. The Bertz CT molecular complexity index is 711. The van der Waals surface area contributed by atoms with Crippen LogP contribution in [0.3, 0.4) is 0 Å². The highest BCUT2D eigenvalue weighted by atomic mass is 16.7. The molecule has 1 aliphatic heterocycles. The molecule has 1 aromatic carbocycles. The Balaban J connectivity index is 2.47. The van der Waals surface area contributed by atoms with Gasteiger partial charge in [-0.1, -0.05) is 45.0 Å². The highest BCUT2D eigenvalue weighted by molar-refractivity contribution is 6.08. The zero-order valence-electron chi connectivity index (χ0n) is 16.2. The van der Waals surface area contributed by atoms with Crippen LogP contribution in [0.1, 0.15) is 44.9 Å². The standard InChI is InChI=1S/C20H27NO5/c1-12(22)16-17(13-7-9-14(10-8-13)20(2,3)4)21(19(24)18(16)23)11-15(25-5)26-6/h7-10,15,17,23H,11H2,1-6H3. The molecule has 26 heavy (non-hydrogen) atoms. The van der Waals surface area contributed by atoms with Gasteiger partial charge < -0.3 is 19.5 Å². The summed E-state index contributed by atoms with van der Waals surface area (Å²) < 4.78 is 10.4. The summed E-state index contributed by atoms with van der Waals surface area (Å²) in [6, 6.07) is 7.08. The topological polar surface area (TPSA) is 76.1 Å². The van der Waals surface area contributed by atoms with Gasteiger partial charge in [0.2, 0.25) is 0 Å². The molecule has 1 heterocycles. The molecule has 142 valence electrons. The van der Waals surface area contributed by atoms with Crippen LogP contribution in [-0.4, -0.2) is 48.8 Å². The summed E-state index contributed by atoms with van der Waals surface area (Å²) in [5.41, 5.74) is 1.99. The van der Waals surface area contributed by atoms with Crippen molar-refractivity contribution in [2.75, 3.05) is 20.8 Å². The number of carbonyl (C=O) groups excluding carboxylic acids is 2. The molecule has 1 aliphatic rings. The molecule has 1 aromatic rings. The second-order valence-electron chi connectivity index (χ2n) is 7.45. The fraction of sp³-hybridized carbons (Fsp3) is 0.500. The summed E-state index contributed by atoms with van der Waals surface area (Å²) in [4.78, 5) is 26.1. The second kappa shape index (κ2) is 7.60. The summed E-state index contributed by atoms with van der Waals surface area (Å²) in [5, 5.41) is 10.3. The van der Waals surface area contributed by atoms with Crippen molar-refractivity contribution in [1.29, 1.82) is 0 Å². The number of carbonyl (C=O) groups is 2. The molecule has 0 aromatic heterocycles. The lowest BCUT2D eigenvalue weighted by molar-refractivity contribution is -0.144. The first-order chi connectivity index (χ1) is 12.1. The van der Waals surface area contributed by atoms with E-state index in [1.165, 1.54) is 26.0 Å². The maximum absolute atomic E-state index is 12.6. The smallest absolute Gasteiger partial charge is 0.290 e. The summed E-state index contributed by atoms with van der Waals surface area (Å²) >= 11 is 0. The number of hydrogen-bond acceptors (Lipinski definition) is 5. The van der Waals surface area contributed by atoms with Crippen LogP contribution in [0.5, 0.6) is 0 Å². The maximum Gasteiger partial charge on any atom is 0.290 e. The molecular formula is C20H27NO5. The maximum atomic E-state index is 12.6. The molecule has 0 bridgehead atoms. The Morgan fingerprint density at radius 3 is 2.15 bits per heavy atom. The van der Waals surface area contributed by atoms with Gasteiger partial charge in [0.25, 0.3) is 5.91 Å². The van der Waals surface area contributed by atoms with Gasteiger partial charge in [-0.05, 0) is 23.5 Å². The van der Waals surface area contributed by atoms with E-state index in [-0.39, 0.29) is 23.3 Å². The van der Waals surface area contributed by atoms with E-state index < -0.39 is 24.0 Å². The lowest BCUT2D eigenvalue weighted by Crippen LogP contribution is -2.38. The summed E-state index contributed by atoms with van der Waals surface area (Å²) in [6.07, 6.45) is -0.658. The van der Waals surface area contributed by atoms with Crippen LogP contribution in [0, 0.1) is 0 Å². The van der Waals surface area contributed by atoms with Gasteiger partial charge in [-0.3, -0.25) is 9.59 Å². The molecule has 1 unspecified atom stereocenters. The molecule has 0 saturated heterocycles. The number of methoxy groups -OCH3 is 2. The Labute approximate surface area is 154 Å². The fourth-order valence-corrected chi connectivity index (χ4v) is 3.12. The van der Waals surface area contributed by atoms with Gasteiger partial charge in [-0.2, -0.15) is 0 Å². The summed E-state index contributed by atoms with van der Waals surface area (Å²) in [5.74, 6) is -1.44. The van der Waals surface area contributed by atoms with Crippen molar-refractivity contribution >= 4 is 11.7 Å². The van der Waals surface area contributed by atoms with Gasteiger partial charge in [0.15, 0.2) is 17.8 Å². The van der Waals surface area contributed by atoms with Crippen LogP contribution in [0.15, 0.2) is 35.6 Å². The van der Waals surface area contributed by atoms with Crippen LogP contribution in [0.25, 0.3) is 0 Å². The van der Waals surface area contributed by atoms with E-state index in [0.29, 0.717) is 0 Å². The third kappa shape index (κ3) is 3.81. The van der Waals surface area contributed by atoms with Crippen LogP contribution in [0.2, 0.25) is 0 Å². The van der Waals surface area contributed by atoms with Gasteiger partial charge in [-0.15, -0.1) is 0 Å². The Hall–Kier alpha value is -2.18. The van der Waals surface area contributed by atoms with E-state index in [4.69, 9.17) is 9.47 Å². The van der Waals surface area contributed by atoms with Crippen LogP contribution in [0.4, 0.5) is 0 Å². The van der Waals surface area contributed by atoms with E-state index in [1.54, 1.807) is 0 Å². The number of amides is 1. The number of hydrogen-bond donors (Lipinski definition) is 1. The van der Waals surface area contributed by atoms with E-state index >= 15 is 0 Å². The molecule has 0 spiro atoms. The van der Waals surface area contributed by atoms with Gasteiger partial charge in [0.05, 0.1) is 18.2 Å². The lowest BCUT2D eigenvalue weighted by Gasteiger charge is -2.29. The first-order valence-corrected chi connectivity index (χ1v) is 8.52. The summed E-state index contributed by atoms with van der Waals surface area (Å²) in [7, 11) is 2.95. The van der Waals surface area contributed by atoms with Gasteiger partial charge in [-0.25, -0.2) is 0 Å². The number of ether oxygens (including phenoxy) is 2. The summed E-state index contributed by atoms with van der Waals surface area (Å²) in [6.45, 7) is 7.78. The molecule has 1 amide bonds. The molecule has 2 rings (SSSR count). The average Bonchev–Trinajstić information content (AvgIpc) is 2.83. The van der Waals surface area contributed by atoms with Crippen molar-refractivity contribution in [3.63, 3.8) is 0 Å². The van der Waals surface area contributed by atoms with E-state index in [1.807, 2.05) is 24.3 Å². The molecule has 6 heteroatoms. The van der Waals surface area contributed by atoms with Crippen molar-refractivity contribution in [1.82, 2.24) is 4.90 Å². The van der Waals surface area contributed by atoms with E-state index in [2.05, 4.69) is 20.8 Å². The molecular weight excluding hydrogens is 334 g/mol. The number of aliphatic hydroxyl groups is 1. The highest BCUT2D eigenvalue weighted by Crippen LogP contribution is 2.38. The van der Waals surface area contributed by atoms with Crippen molar-refractivity contribution in [3.8, 4) is 0 Å². The van der Waals surface area contributed by atoms with Crippen molar-refractivity contribution in [3.05, 3.63) is 46.7 Å². The molecule has 1 atom stereocenters. The molecule has 0 fully saturated rings. The number of aliphatic hydroxyl groups excluding tert-OH is 1. The fourth-order valence-electron chi connectivity index (χ4n) is 3.12. The van der Waals surface area contributed by atoms with E-state index in [9.17, 15) is 14.7 Å². The van der Waals surface area contributed by atoms with Crippen LogP contribution < -0.4 is 0 Å². The zero-order valence-corrected chi connectivity index (χ0v) is 16.2. The predicted molar refractivity (Wildman–Crippen MR) is 97.7 cm³/mol. The number of ketones is 1. The van der Waals surface area contributed by atoms with Crippen LogP contribution >= 0.6 is 0 Å². The zero-order chi connectivity index (χ0) is 19.6.